The monoisotopic (exact) mass is 344 g/mol. The van der Waals surface area contributed by atoms with Crippen molar-refractivity contribution in [3.63, 3.8) is 0 Å². The summed E-state index contributed by atoms with van der Waals surface area (Å²) in [5.41, 5.74) is 1.04. The molecule has 2 heterocycles. The summed E-state index contributed by atoms with van der Waals surface area (Å²) in [6.07, 6.45) is -0.123. The van der Waals surface area contributed by atoms with Crippen LogP contribution in [0, 0.1) is 0 Å². The number of carbonyl (C=O) groups excluding carboxylic acids is 1. The number of likely N-dealkylation sites (N-methyl/N-ethyl adjacent to an activating group) is 1. The van der Waals surface area contributed by atoms with Crippen LogP contribution in [0.5, 0.6) is 0 Å². The van der Waals surface area contributed by atoms with E-state index in [1.54, 1.807) is 12.1 Å². The van der Waals surface area contributed by atoms with Crippen molar-refractivity contribution in [3.05, 3.63) is 59.5 Å². The van der Waals surface area contributed by atoms with Crippen LogP contribution in [0.2, 0.25) is 0 Å². The van der Waals surface area contributed by atoms with E-state index in [2.05, 4.69) is 4.90 Å². The molecule has 6 nitrogen and oxygen atoms in total. The van der Waals surface area contributed by atoms with Gasteiger partial charge in [-0.3, -0.25) is 4.79 Å². The molecule has 0 saturated carbocycles. The average Bonchev–Trinajstić information content (AvgIpc) is 3.10. The Morgan fingerprint density at radius 3 is 2.64 bits per heavy atom. The largest absolute Gasteiger partial charge is 0.453 e. The van der Waals surface area contributed by atoms with Crippen LogP contribution in [0.3, 0.4) is 0 Å². The average molecular weight is 344 g/mol. The highest BCUT2D eigenvalue weighted by Gasteiger charge is 2.37. The summed E-state index contributed by atoms with van der Waals surface area (Å²) in [5, 5.41) is 9.17. The lowest BCUT2D eigenvalue weighted by molar-refractivity contribution is -0.0692. The molecule has 1 N–H and O–H groups in total. The predicted octanol–water partition coefficient (Wildman–Crippen LogP) is 1.92. The summed E-state index contributed by atoms with van der Waals surface area (Å²) in [6.45, 7) is 1.48. The fourth-order valence-corrected chi connectivity index (χ4v) is 3.24. The Bertz CT molecular complexity index is 698. The van der Waals surface area contributed by atoms with Crippen molar-refractivity contribution in [1.29, 1.82) is 0 Å². The van der Waals surface area contributed by atoms with Gasteiger partial charge in [-0.15, -0.1) is 0 Å². The fraction of sp³-hybridized carbons (Fsp3) is 0.421. The Hall–Kier alpha value is -2.15. The van der Waals surface area contributed by atoms with Crippen LogP contribution >= 0.6 is 0 Å². The highest BCUT2D eigenvalue weighted by Crippen LogP contribution is 2.31. The Morgan fingerprint density at radius 2 is 2.00 bits per heavy atom. The van der Waals surface area contributed by atoms with Crippen LogP contribution in [0.25, 0.3) is 0 Å². The molecule has 6 heteroatoms. The van der Waals surface area contributed by atoms with Gasteiger partial charge in [0.2, 0.25) is 0 Å². The summed E-state index contributed by atoms with van der Waals surface area (Å²) in [5.74, 6) is 0.453. The molecule has 1 fully saturated rings. The van der Waals surface area contributed by atoms with Gasteiger partial charge in [-0.25, -0.2) is 0 Å². The van der Waals surface area contributed by atoms with E-state index in [1.165, 1.54) is 0 Å². The number of rotatable bonds is 5. The van der Waals surface area contributed by atoms with Gasteiger partial charge in [0.1, 0.15) is 12.4 Å². The number of aliphatic hydroxyl groups excluding tert-OH is 1. The van der Waals surface area contributed by atoms with Crippen LogP contribution < -0.4 is 0 Å². The maximum Gasteiger partial charge on any atom is 0.290 e. The van der Waals surface area contributed by atoms with Crippen molar-refractivity contribution < 1.29 is 19.1 Å². The van der Waals surface area contributed by atoms with Gasteiger partial charge in [0.05, 0.1) is 18.8 Å². The molecule has 1 aliphatic heterocycles. The number of hydrogen-bond donors (Lipinski definition) is 1. The van der Waals surface area contributed by atoms with Gasteiger partial charge in [-0.2, -0.15) is 0 Å². The third-order valence-electron chi connectivity index (χ3n) is 4.33. The third-order valence-corrected chi connectivity index (χ3v) is 4.33. The number of hydrogen-bond acceptors (Lipinski definition) is 5. The van der Waals surface area contributed by atoms with Crippen molar-refractivity contribution >= 4 is 5.91 Å². The van der Waals surface area contributed by atoms with E-state index < -0.39 is 0 Å². The maximum absolute atomic E-state index is 13.0. The number of aliphatic hydroxyl groups is 1. The second-order valence-corrected chi connectivity index (χ2v) is 6.45. The summed E-state index contributed by atoms with van der Waals surface area (Å²) < 4.78 is 11.4. The third kappa shape index (κ3) is 3.92. The van der Waals surface area contributed by atoms with Gasteiger partial charge in [-0.1, -0.05) is 30.3 Å². The minimum atomic E-state index is -0.220. The first-order valence-corrected chi connectivity index (χ1v) is 8.42. The number of benzene rings is 1. The molecule has 1 saturated heterocycles. The Labute approximate surface area is 147 Å². The first kappa shape index (κ1) is 17.7. The van der Waals surface area contributed by atoms with Gasteiger partial charge in [-0.05, 0) is 31.8 Å². The van der Waals surface area contributed by atoms with E-state index in [1.807, 2.05) is 49.3 Å². The molecule has 1 aliphatic rings. The molecule has 1 aromatic heterocycles. The molecule has 25 heavy (non-hydrogen) atoms. The first-order chi connectivity index (χ1) is 12.1. The molecule has 0 spiro atoms. The molecular weight excluding hydrogens is 320 g/mol. The summed E-state index contributed by atoms with van der Waals surface area (Å²) >= 11 is 0. The molecule has 134 valence electrons. The molecule has 0 aliphatic carbocycles. The zero-order valence-electron chi connectivity index (χ0n) is 14.6. The van der Waals surface area contributed by atoms with Crippen LogP contribution in [0.1, 0.15) is 27.9 Å². The van der Waals surface area contributed by atoms with Crippen LogP contribution in [0.15, 0.2) is 46.9 Å². The Balaban J connectivity index is 1.92. The summed E-state index contributed by atoms with van der Waals surface area (Å²) in [6, 6.07) is 13.0. The van der Waals surface area contributed by atoms with Crippen LogP contribution in [0.4, 0.5) is 0 Å². The molecule has 0 radical (unpaired) electrons. The minimum absolute atomic E-state index is 0.123. The molecule has 2 atom stereocenters. The van der Waals surface area contributed by atoms with Crippen molar-refractivity contribution in [1.82, 2.24) is 9.80 Å². The zero-order valence-corrected chi connectivity index (χ0v) is 14.6. The second-order valence-electron chi connectivity index (χ2n) is 6.45. The lowest BCUT2D eigenvalue weighted by Crippen LogP contribution is -2.51. The van der Waals surface area contributed by atoms with E-state index in [0.717, 1.165) is 5.56 Å². The zero-order chi connectivity index (χ0) is 17.8. The van der Waals surface area contributed by atoms with Crippen molar-refractivity contribution in [2.75, 3.05) is 33.8 Å². The van der Waals surface area contributed by atoms with Gasteiger partial charge >= 0.3 is 0 Å². The number of morpholine rings is 1. The summed E-state index contributed by atoms with van der Waals surface area (Å²) in [7, 11) is 3.98. The number of carbonyl (C=O) groups is 1. The van der Waals surface area contributed by atoms with Gasteiger partial charge in [0.25, 0.3) is 5.91 Å². The molecule has 1 amide bonds. The standard InChI is InChI=1S/C19H24N2O4/c1-20(2)12-17-18(14-6-4-3-5-7-14)21(10-11-24-17)19(23)16-9-8-15(13-22)25-16/h3-9,17-18,22H,10-13H2,1-2H3/t17-,18-/m0/s1. The molecule has 2 aromatic rings. The normalized spacial score (nSPS) is 20.9. The molecule has 1 aromatic carbocycles. The topological polar surface area (TPSA) is 66.2 Å². The molecular formula is C19H24N2O4. The van der Waals surface area contributed by atoms with E-state index in [9.17, 15) is 9.90 Å². The fourth-order valence-electron chi connectivity index (χ4n) is 3.24. The molecule has 3 rings (SSSR count). The molecule has 0 unspecified atom stereocenters. The van der Waals surface area contributed by atoms with Crippen molar-refractivity contribution in [3.8, 4) is 0 Å². The van der Waals surface area contributed by atoms with E-state index in [-0.39, 0.29) is 30.4 Å². The Kier molecular flexibility index (Phi) is 5.53. The number of amides is 1. The second kappa shape index (κ2) is 7.82. The highest BCUT2D eigenvalue weighted by atomic mass is 16.5. The van der Waals surface area contributed by atoms with Crippen LogP contribution in [-0.2, 0) is 11.3 Å². The van der Waals surface area contributed by atoms with Crippen molar-refractivity contribution in [2.45, 2.75) is 18.8 Å². The van der Waals surface area contributed by atoms with Gasteiger partial charge < -0.3 is 24.1 Å². The van der Waals surface area contributed by atoms with Crippen molar-refractivity contribution in [2.24, 2.45) is 0 Å². The highest BCUT2D eigenvalue weighted by molar-refractivity contribution is 5.92. The lowest BCUT2D eigenvalue weighted by atomic mass is 9.97. The molecule has 0 bridgehead atoms. The number of nitrogens with zero attached hydrogens (tertiary/aromatic N) is 2. The van der Waals surface area contributed by atoms with Gasteiger partial charge in [0, 0.05) is 13.1 Å². The number of furan rings is 1. The Morgan fingerprint density at radius 1 is 1.24 bits per heavy atom. The van der Waals surface area contributed by atoms with E-state index in [0.29, 0.717) is 25.5 Å². The SMILES string of the molecule is CN(C)C[C@@H]1OCCN(C(=O)c2ccc(CO)o2)[C@H]1c1ccccc1. The van der Waals surface area contributed by atoms with Crippen LogP contribution in [-0.4, -0.2) is 60.7 Å². The van der Waals surface area contributed by atoms with E-state index >= 15 is 0 Å². The quantitative estimate of drug-likeness (QED) is 0.898. The van der Waals surface area contributed by atoms with E-state index in [4.69, 9.17) is 9.15 Å². The minimum Gasteiger partial charge on any atom is -0.453 e. The van der Waals surface area contributed by atoms with Gasteiger partial charge in [0.15, 0.2) is 5.76 Å². The predicted molar refractivity (Wildman–Crippen MR) is 93.1 cm³/mol. The lowest BCUT2D eigenvalue weighted by Gasteiger charge is -2.42. The smallest absolute Gasteiger partial charge is 0.290 e. The maximum atomic E-state index is 13.0. The number of ether oxygens (including phenoxy) is 1. The first-order valence-electron chi connectivity index (χ1n) is 8.42. The summed E-state index contributed by atoms with van der Waals surface area (Å²) in [4.78, 5) is 16.9.